The summed E-state index contributed by atoms with van der Waals surface area (Å²) in [4.78, 5) is 28.9. The van der Waals surface area contributed by atoms with Gasteiger partial charge in [0.2, 0.25) is 0 Å². The maximum absolute atomic E-state index is 13.5. The van der Waals surface area contributed by atoms with Crippen molar-refractivity contribution in [2.24, 2.45) is 10.8 Å². The minimum absolute atomic E-state index is 0.0148. The molecule has 0 amide bonds. The lowest BCUT2D eigenvalue weighted by molar-refractivity contribution is -0.161. The molecule has 1 N–H and O–H groups in total. The summed E-state index contributed by atoms with van der Waals surface area (Å²) in [5.74, 6) is -0.0168. The van der Waals surface area contributed by atoms with Crippen LogP contribution < -0.4 is 0 Å². The Balaban J connectivity index is 4.50. The third-order valence-corrected chi connectivity index (χ3v) is 12.8. The van der Waals surface area contributed by atoms with Crippen molar-refractivity contribution in [3.8, 4) is 0 Å². The summed E-state index contributed by atoms with van der Waals surface area (Å²) in [5.41, 5.74) is -0.842. The highest BCUT2D eigenvalue weighted by atomic mass is 16.5. The van der Waals surface area contributed by atoms with E-state index in [1.165, 1.54) is 154 Å². The molecule has 0 aliphatic heterocycles. The van der Waals surface area contributed by atoms with Crippen molar-refractivity contribution in [2.75, 3.05) is 32.8 Å². The van der Waals surface area contributed by atoms with Crippen LogP contribution in [0.5, 0.6) is 0 Å². The first-order valence-corrected chi connectivity index (χ1v) is 26.3. The maximum Gasteiger partial charge on any atom is 0.311 e. The molecule has 6 heteroatoms. The van der Waals surface area contributed by atoms with Crippen LogP contribution in [0, 0.1) is 10.8 Å². The van der Waals surface area contributed by atoms with Gasteiger partial charge in [-0.15, -0.1) is 0 Å². The zero-order valence-corrected chi connectivity index (χ0v) is 41.1. The van der Waals surface area contributed by atoms with Gasteiger partial charge in [0.25, 0.3) is 0 Å². The predicted octanol–water partition coefficient (Wildman–Crippen LogP) is 15.9. The Labute approximate surface area is 369 Å². The van der Waals surface area contributed by atoms with Gasteiger partial charge in [-0.3, -0.25) is 9.59 Å². The lowest BCUT2D eigenvalue weighted by atomic mass is 9.86. The van der Waals surface area contributed by atoms with E-state index in [1.54, 1.807) is 0 Å². The van der Waals surface area contributed by atoms with Gasteiger partial charge in [0.15, 0.2) is 0 Å². The second-order valence-electron chi connectivity index (χ2n) is 19.8. The van der Waals surface area contributed by atoms with Gasteiger partial charge < -0.3 is 19.5 Å². The Bertz CT molecular complexity index is 902. The van der Waals surface area contributed by atoms with Crippen LogP contribution in [0.3, 0.4) is 0 Å². The molecule has 0 fully saturated rings. The highest BCUT2D eigenvalue weighted by molar-refractivity contribution is 5.76. The van der Waals surface area contributed by atoms with Gasteiger partial charge >= 0.3 is 11.9 Å². The summed E-state index contributed by atoms with van der Waals surface area (Å²) in [5, 5.41) is 9.38. The Kier molecular flexibility index (Phi) is 40.1. The molecule has 0 aromatic rings. The fourth-order valence-electron chi connectivity index (χ4n) is 8.33. The average Bonchev–Trinajstić information content (AvgIpc) is 3.21. The van der Waals surface area contributed by atoms with Crippen LogP contribution in [0.1, 0.15) is 280 Å². The molecular weight excluding hydrogens is 731 g/mol. The van der Waals surface area contributed by atoms with Crippen molar-refractivity contribution in [1.82, 2.24) is 4.90 Å². The Morgan fingerprint density at radius 2 is 0.780 bits per heavy atom. The van der Waals surface area contributed by atoms with E-state index in [-0.39, 0.29) is 24.6 Å². The molecule has 0 rings (SSSR count). The third-order valence-electron chi connectivity index (χ3n) is 12.8. The maximum atomic E-state index is 13.5. The lowest BCUT2D eigenvalue weighted by Crippen LogP contribution is -2.31. The van der Waals surface area contributed by atoms with Gasteiger partial charge in [-0.05, 0) is 118 Å². The number of nitrogens with zero attached hydrogens (tertiary/aromatic N) is 1. The van der Waals surface area contributed by atoms with Crippen molar-refractivity contribution in [3.63, 3.8) is 0 Å². The van der Waals surface area contributed by atoms with Crippen LogP contribution in [0.2, 0.25) is 0 Å². The third kappa shape index (κ3) is 36.1. The second kappa shape index (κ2) is 40.9. The summed E-state index contributed by atoms with van der Waals surface area (Å²) >= 11 is 0. The number of aliphatic hydroxyl groups excluding tert-OH is 1. The van der Waals surface area contributed by atoms with E-state index in [2.05, 4.69) is 39.5 Å². The molecule has 0 saturated carbocycles. The summed E-state index contributed by atoms with van der Waals surface area (Å²) < 4.78 is 12.0. The number of aliphatic hydroxyl groups is 1. The normalized spacial score (nSPS) is 12.2. The Morgan fingerprint density at radius 3 is 1.20 bits per heavy atom. The van der Waals surface area contributed by atoms with Gasteiger partial charge in [-0.25, -0.2) is 0 Å². The van der Waals surface area contributed by atoms with E-state index in [1.807, 2.05) is 13.8 Å². The van der Waals surface area contributed by atoms with E-state index in [0.717, 1.165) is 96.7 Å². The van der Waals surface area contributed by atoms with Crippen LogP contribution in [0.15, 0.2) is 0 Å². The molecule has 352 valence electrons. The van der Waals surface area contributed by atoms with E-state index in [4.69, 9.17) is 9.47 Å². The van der Waals surface area contributed by atoms with Crippen LogP contribution in [-0.4, -0.2) is 60.9 Å². The Morgan fingerprint density at radius 1 is 0.441 bits per heavy atom. The van der Waals surface area contributed by atoms with Crippen LogP contribution in [-0.2, 0) is 19.1 Å². The van der Waals surface area contributed by atoms with Gasteiger partial charge in [-0.2, -0.15) is 0 Å². The molecule has 0 aliphatic carbocycles. The lowest BCUT2D eigenvalue weighted by Gasteiger charge is -2.27. The number of ether oxygens (including phenoxy) is 2. The molecule has 6 nitrogen and oxygen atoms in total. The summed E-state index contributed by atoms with van der Waals surface area (Å²) in [7, 11) is 0. The number of esters is 2. The summed E-state index contributed by atoms with van der Waals surface area (Å²) in [6.07, 6.45) is 43.1. The van der Waals surface area contributed by atoms with E-state index >= 15 is 0 Å². The molecule has 0 spiro atoms. The molecular formula is C53H105NO5. The molecule has 0 bridgehead atoms. The average molecular weight is 836 g/mol. The van der Waals surface area contributed by atoms with Gasteiger partial charge in [0, 0.05) is 6.61 Å². The fourth-order valence-corrected chi connectivity index (χ4v) is 8.33. The molecule has 0 aromatic carbocycles. The first kappa shape index (κ1) is 57.9. The standard InChI is InChI=1S/C53H105NO5/c1-8-11-14-17-20-23-30-39-48-58-50(56)52(4,5)42-33-26-28-35-44-54(46-37-38-47-55)45-36-29-27-34-43-53(6,7)51(57)59-49(40-31-24-21-18-15-12-9-2)41-32-25-22-19-16-13-10-3/h49,55H,8-48H2,1-7H3. The molecule has 0 aromatic heterocycles. The number of hydrogen-bond acceptors (Lipinski definition) is 6. The first-order valence-electron chi connectivity index (χ1n) is 26.3. The van der Waals surface area contributed by atoms with Crippen molar-refractivity contribution < 1.29 is 24.2 Å². The summed E-state index contributed by atoms with van der Waals surface area (Å²) in [6, 6.07) is 0. The van der Waals surface area contributed by atoms with Crippen molar-refractivity contribution in [1.29, 1.82) is 0 Å². The summed E-state index contributed by atoms with van der Waals surface area (Å²) in [6.45, 7) is 19.2. The van der Waals surface area contributed by atoms with Crippen LogP contribution >= 0.6 is 0 Å². The molecule has 0 atom stereocenters. The van der Waals surface area contributed by atoms with Gasteiger partial charge in [-0.1, -0.05) is 181 Å². The van der Waals surface area contributed by atoms with Crippen molar-refractivity contribution >= 4 is 11.9 Å². The molecule has 0 heterocycles. The van der Waals surface area contributed by atoms with Crippen LogP contribution in [0.4, 0.5) is 0 Å². The van der Waals surface area contributed by atoms with Gasteiger partial charge in [0.1, 0.15) is 6.10 Å². The number of carbonyl (C=O) groups excluding carboxylic acids is 2. The zero-order chi connectivity index (χ0) is 43.7. The largest absolute Gasteiger partial charge is 0.465 e. The quantitative estimate of drug-likeness (QED) is 0.0486. The van der Waals surface area contributed by atoms with Crippen molar-refractivity contribution in [3.05, 3.63) is 0 Å². The first-order chi connectivity index (χ1) is 28.5. The van der Waals surface area contributed by atoms with E-state index in [9.17, 15) is 14.7 Å². The van der Waals surface area contributed by atoms with Crippen molar-refractivity contribution in [2.45, 2.75) is 286 Å². The molecule has 0 aliphatic rings. The minimum Gasteiger partial charge on any atom is -0.465 e. The highest BCUT2D eigenvalue weighted by Gasteiger charge is 2.31. The number of hydrogen-bond donors (Lipinski definition) is 1. The molecule has 59 heavy (non-hydrogen) atoms. The van der Waals surface area contributed by atoms with E-state index in [0.29, 0.717) is 6.61 Å². The topological polar surface area (TPSA) is 76.1 Å². The van der Waals surface area contributed by atoms with E-state index < -0.39 is 10.8 Å². The Hall–Kier alpha value is -1.14. The minimum atomic E-state index is -0.433. The SMILES string of the molecule is CCCCCCCCCCOC(=O)C(C)(C)CCCCCCN(CCCCO)CCCCCCC(C)(C)C(=O)OC(CCCCCCCCC)CCCCCCCCC. The van der Waals surface area contributed by atoms with Crippen LogP contribution in [0.25, 0.3) is 0 Å². The van der Waals surface area contributed by atoms with Gasteiger partial charge in [0.05, 0.1) is 17.4 Å². The zero-order valence-electron chi connectivity index (χ0n) is 41.1. The predicted molar refractivity (Wildman–Crippen MR) is 255 cm³/mol. The highest BCUT2D eigenvalue weighted by Crippen LogP contribution is 2.29. The number of unbranched alkanes of at least 4 members (excludes halogenated alkanes) is 26. The number of rotatable bonds is 46. The second-order valence-corrected chi connectivity index (χ2v) is 19.8. The molecule has 0 unspecified atom stereocenters. The smallest absolute Gasteiger partial charge is 0.311 e. The molecule has 0 radical (unpaired) electrons. The molecule has 0 saturated heterocycles. The fraction of sp³-hybridized carbons (Fsp3) is 0.962. The number of carbonyl (C=O) groups is 2. The monoisotopic (exact) mass is 836 g/mol.